The number of hydrogen-bond acceptors (Lipinski definition) is 4. The van der Waals surface area contributed by atoms with Crippen LogP contribution in [-0.4, -0.2) is 29.3 Å². The van der Waals surface area contributed by atoms with E-state index in [1.165, 1.54) is 6.07 Å². The van der Waals surface area contributed by atoms with Gasteiger partial charge in [-0.2, -0.15) is 0 Å². The minimum Gasteiger partial charge on any atom is -0.478 e. The number of carboxylic acids is 1. The molecule has 0 amide bonds. The zero-order chi connectivity index (χ0) is 21.5. The lowest BCUT2D eigenvalue weighted by molar-refractivity contribution is 0.0695. The third kappa shape index (κ3) is 6.07. The summed E-state index contributed by atoms with van der Waals surface area (Å²) in [4.78, 5) is 11.3. The average Bonchev–Trinajstić information content (AvgIpc) is 2.72. The maximum absolute atomic E-state index is 11.3. The number of carboxylic acid groups (broad SMARTS) is 1. The number of halogens is 1. The Hall–Kier alpha value is -2.86. The van der Waals surface area contributed by atoms with Gasteiger partial charge in [-0.05, 0) is 73.0 Å². The maximum atomic E-state index is 11.3. The molecule has 3 aromatic carbocycles. The Morgan fingerprint density at radius 1 is 1.07 bits per heavy atom. The van der Waals surface area contributed by atoms with Gasteiger partial charge in [0.2, 0.25) is 0 Å². The fourth-order valence-electron chi connectivity index (χ4n) is 3.10. The molecule has 0 aliphatic carbocycles. The maximum Gasteiger partial charge on any atom is 0.336 e. The van der Waals surface area contributed by atoms with E-state index in [1.54, 1.807) is 31.2 Å². The molecule has 0 aromatic heterocycles. The van der Waals surface area contributed by atoms with Crippen LogP contribution in [0.4, 0.5) is 0 Å². The minimum absolute atomic E-state index is 0.228. The lowest BCUT2D eigenvalue weighted by Crippen LogP contribution is -2.23. The highest BCUT2D eigenvalue weighted by Gasteiger charge is 2.10. The van der Waals surface area contributed by atoms with Crippen LogP contribution in [0.2, 0.25) is 5.02 Å². The molecule has 30 heavy (non-hydrogen) atoms. The number of nitrogens with one attached hydrogen (secondary N) is 1. The van der Waals surface area contributed by atoms with Crippen LogP contribution in [-0.2, 0) is 6.42 Å². The van der Waals surface area contributed by atoms with Gasteiger partial charge in [0.05, 0.1) is 11.7 Å². The number of aliphatic hydroxyl groups is 1. The number of benzene rings is 3. The third-order valence-electron chi connectivity index (χ3n) is 4.74. The van der Waals surface area contributed by atoms with Gasteiger partial charge in [-0.25, -0.2) is 4.79 Å². The van der Waals surface area contributed by atoms with E-state index in [-0.39, 0.29) is 5.56 Å². The van der Waals surface area contributed by atoms with Gasteiger partial charge in [-0.1, -0.05) is 41.9 Å². The van der Waals surface area contributed by atoms with Crippen molar-refractivity contribution >= 4 is 17.6 Å². The molecule has 156 valence electrons. The van der Waals surface area contributed by atoms with Crippen molar-refractivity contribution < 1.29 is 19.7 Å². The lowest BCUT2D eigenvalue weighted by atomic mass is 10.1. The van der Waals surface area contributed by atoms with E-state index >= 15 is 0 Å². The number of carbonyl (C=O) groups is 1. The summed E-state index contributed by atoms with van der Waals surface area (Å²) in [6.07, 6.45) is 0.136. The molecule has 0 heterocycles. The van der Waals surface area contributed by atoms with E-state index in [2.05, 4.69) is 5.32 Å². The average molecular weight is 426 g/mol. The van der Waals surface area contributed by atoms with Gasteiger partial charge >= 0.3 is 5.97 Å². The second-order valence-corrected chi connectivity index (χ2v) is 7.49. The molecule has 0 radical (unpaired) electrons. The second-order valence-electron chi connectivity index (χ2n) is 7.06. The highest BCUT2D eigenvalue weighted by atomic mass is 35.5. The molecule has 5 nitrogen and oxygen atoms in total. The van der Waals surface area contributed by atoms with Crippen molar-refractivity contribution in [1.82, 2.24) is 5.32 Å². The van der Waals surface area contributed by atoms with Crippen LogP contribution in [0.25, 0.3) is 0 Å². The predicted octanol–water partition coefficient (Wildman–Crippen LogP) is 5.00. The summed E-state index contributed by atoms with van der Waals surface area (Å²) in [5, 5.41) is 23.4. The molecule has 3 aromatic rings. The van der Waals surface area contributed by atoms with Gasteiger partial charge < -0.3 is 20.3 Å². The molecule has 0 bridgehead atoms. The molecule has 0 aliphatic heterocycles. The number of aryl methyl sites for hydroxylation is 1. The fraction of sp³-hybridized carbons (Fsp3) is 0.208. The minimum atomic E-state index is -0.974. The highest BCUT2D eigenvalue weighted by Crippen LogP contribution is 2.25. The van der Waals surface area contributed by atoms with Crippen molar-refractivity contribution in [2.45, 2.75) is 19.4 Å². The first kappa shape index (κ1) is 21.8. The number of ether oxygens (including phenoxy) is 1. The molecule has 0 spiro atoms. The van der Waals surface area contributed by atoms with E-state index in [4.69, 9.17) is 16.3 Å². The van der Waals surface area contributed by atoms with Crippen LogP contribution < -0.4 is 10.1 Å². The van der Waals surface area contributed by atoms with Crippen molar-refractivity contribution in [3.8, 4) is 11.5 Å². The summed E-state index contributed by atoms with van der Waals surface area (Å²) in [5.41, 5.74) is 2.77. The van der Waals surface area contributed by atoms with Crippen LogP contribution in [0.1, 0.15) is 33.2 Å². The summed E-state index contributed by atoms with van der Waals surface area (Å²) in [6, 6.07) is 19.9. The summed E-state index contributed by atoms with van der Waals surface area (Å²) in [6.45, 7) is 2.87. The summed E-state index contributed by atoms with van der Waals surface area (Å²) in [7, 11) is 0. The van der Waals surface area contributed by atoms with Gasteiger partial charge in [0.25, 0.3) is 0 Å². The molecule has 0 aliphatic rings. The van der Waals surface area contributed by atoms with Gasteiger partial charge in [0.15, 0.2) is 0 Å². The van der Waals surface area contributed by atoms with Crippen molar-refractivity contribution in [3.05, 3.63) is 94.0 Å². The normalized spacial score (nSPS) is 11.8. The number of aliphatic hydroxyl groups excluding tert-OH is 1. The van der Waals surface area contributed by atoms with Gasteiger partial charge in [-0.15, -0.1) is 0 Å². The quantitative estimate of drug-likeness (QED) is 0.420. The van der Waals surface area contributed by atoms with Crippen molar-refractivity contribution in [2.24, 2.45) is 0 Å². The van der Waals surface area contributed by atoms with Crippen LogP contribution in [0, 0.1) is 6.92 Å². The fourth-order valence-corrected chi connectivity index (χ4v) is 3.30. The van der Waals surface area contributed by atoms with Crippen LogP contribution in [0.3, 0.4) is 0 Å². The number of hydrogen-bond donors (Lipinski definition) is 3. The molecule has 0 saturated carbocycles. The molecule has 0 saturated heterocycles. The van der Waals surface area contributed by atoms with Gasteiger partial charge in [0, 0.05) is 11.6 Å². The van der Waals surface area contributed by atoms with Crippen LogP contribution >= 0.6 is 11.6 Å². The predicted molar refractivity (Wildman–Crippen MR) is 118 cm³/mol. The molecular formula is C24H24ClNO4. The van der Waals surface area contributed by atoms with Gasteiger partial charge in [-0.3, -0.25) is 0 Å². The molecule has 0 unspecified atom stereocenters. The first-order valence-corrected chi connectivity index (χ1v) is 10.0. The first-order valence-electron chi connectivity index (χ1n) is 9.67. The summed E-state index contributed by atoms with van der Waals surface area (Å²) >= 11 is 5.96. The molecule has 6 heteroatoms. The van der Waals surface area contributed by atoms with Crippen molar-refractivity contribution in [1.29, 1.82) is 0 Å². The zero-order valence-electron chi connectivity index (χ0n) is 16.6. The van der Waals surface area contributed by atoms with Crippen molar-refractivity contribution in [2.75, 3.05) is 13.1 Å². The van der Waals surface area contributed by atoms with E-state index in [0.717, 1.165) is 17.5 Å². The Kier molecular flexibility index (Phi) is 7.46. The topological polar surface area (TPSA) is 78.8 Å². The third-order valence-corrected chi connectivity index (χ3v) is 4.97. The molecular weight excluding hydrogens is 402 g/mol. The van der Waals surface area contributed by atoms with E-state index in [0.29, 0.717) is 35.2 Å². The molecule has 3 N–H and O–H groups in total. The number of aromatic carboxylic acids is 1. The summed E-state index contributed by atoms with van der Waals surface area (Å²) < 4.78 is 5.84. The molecule has 1 atom stereocenters. The summed E-state index contributed by atoms with van der Waals surface area (Å²) in [5.74, 6) is 0.155. The smallest absolute Gasteiger partial charge is 0.336 e. The van der Waals surface area contributed by atoms with E-state index in [9.17, 15) is 15.0 Å². The monoisotopic (exact) mass is 425 g/mol. The first-order chi connectivity index (χ1) is 14.4. The highest BCUT2D eigenvalue weighted by molar-refractivity contribution is 6.30. The van der Waals surface area contributed by atoms with Crippen molar-refractivity contribution in [3.63, 3.8) is 0 Å². The van der Waals surface area contributed by atoms with Crippen LogP contribution in [0.15, 0.2) is 66.7 Å². The Morgan fingerprint density at radius 2 is 1.83 bits per heavy atom. The Morgan fingerprint density at radius 3 is 2.60 bits per heavy atom. The SMILES string of the molecule is Cc1ccc(Oc2cccc(CCNC[C@H](O)c3cccc(Cl)c3)c2)cc1C(=O)O. The van der Waals surface area contributed by atoms with Gasteiger partial charge in [0.1, 0.15) is 11.5 Å². The number of rotatable bonds is 9. The Labute approximate surface area is 180 Å². The standard InChI is InChI=1S/C24H24ClNO4/c1-16-8-9-21(14-22(16)24(28)29)30-20-7-2-4-17(12-20)10-11-26-15-23(27)18-5-3-6-19(25)13-18/h2-9,12-14,23,26-27H,10-11,15H2,1H3,(H,28,29)/t23-/m0/s1. The van der Waals surface area contributed by atoms with Crippen LogP contribution in [0.5, 0.6) is 11.5 Å². The van der Waals surface area contributed by atoms with E-state index in [1.807, 2.05) is 36.4 Å². The zero-order valence-corrected chi connectivity index (χ0v) is 17.4. The Bertz CT molecular complexity index is 1020. The van der Waals surface area contributed by atoms with E-state index < -0.39 is 12.1 Å². The second kappa shape index (κ2) is 10.3. The molecule has 3 rings (SSSR count). The lowest BCUT2D eigenvalue weighted by Gasteiger charge is -2.13. The Balaban J connectivity index is 1.53. The molecule has 0 fully saturated rings. The largest absolute Gasteiger partial charge is 0.478 e.